The molecule has 0 radical (unpaired) electrons. The molecular weight excluding hydrogens is 414 g/mol. The summed E-state index contributed by atoms with van der Waals surface area (Å²) in [7, 11) is 1.61. The molecule has 0 fully saturated rings. The van der Waals surface area contributed by atoms with Gasteiger partial charge < -0.3 is 14.8 Å². The number of carbonyl (C=O) groups excluding carboxylic acids is 1. The Morgan fingerprint density at radius 2 is 2.00 bits per heavy atom. The topological polar surface area (TPSA) is 47.6 Å². The molecule has 0 saturated heterocycles. The number of hydrogen-bond acceptors (Lipinski definition) is 3. The number of carbonyl (C=O) groups is 1. The fourth-order valence-corrected chi connectivity index (χ4v) is 2.93. The highest BCUT2D eigenvalue weighted by Crippen LogP contribution is 2.28. The van der Waals surface area contributed by atoms with Crippen LogP contribution >= 0.6 is 31.9 Å². The predicted molar refractivity (Wildman–Crippen MR) is 92.2 cm³/mol. The second-order valence-electron chi connectivity index (χ2n) is 4.49. The van der Waals surface area contributed by atoms with Crippen molar-refractivity contribution in [3.63, 3.8) is 0 Å². The standard InChI is InChI=1S/C16H15Br2NO3/c1-21-13-4-2-3-11(7-13)9-19-16(20)10-22-15-6-5-12(17)8-14(15)18/h2-8H,9-10H2,1H3,(H,19,20). The Bertz CT molecular complexity index is 662. The van der Waals surface area contributed by atoms with Crippen LogP contribution in [-0.4, -0.2) is 19.6 Å². The van der Waals surface area contributed by atoms with E-state index in [1.54, 1.807) is 13.2 Å². The number of nitrogens with one attached hydrogen (secondary N) is 1. The van der Waals surface area contributed by atoms with Crippen LogP contribution in [0.1, 0.15) is 5.56 Å². The van der Waals surface area contributed by atoms with E-state index in [0.717, 1.165) is 20.3 Å². The van der Waals surface area contributed by atoms with Crippen LogP contribution in [0.4, 0.5) is 0 Å². The van der Waals surface area contributed by atoms with Crippen LogP contribution in [0.25, 0.3) is 0 Å². The molecule has 6 heteroatoms. The van der Waals surface area contributed by atoms with Crippen LogP contribution in [0.2, 0.25) is 0 Å². The van der Waals surface area contributed by atoms with Crippen LogP contribution in [0, 0.1) is 0 Å². The normalized spacial score (nSPS) is 10.1. The van der Waals surface area contributed by atoms with E-state index in [-0.39, 0.29) is 12.5 Å². The number of amides is 1. The zero-order valence-corrected chi connectivity index (χ0v) is 15.1. The van der Waals surface area contributed by atoms with Crippen LogP contribution in [0.15, 0.2) is 51.4 Å². The lowest BCUT2D eigenvalue weighted by Gasteiger charge is -2.09. The Kier molecular flexibility index (Phi) is 6.27. The third-order valence-electron chi connectivity index (χ3n) is 2.88. The fraction of sp³-hybridized carbons (Fsp3) is 0.188. The smallest absolute Gasteiger partial charge is 0.258 e. The monoisotopic (exact) mass is 427 g/mol. The zero-order valence-electron chi connectivity index (χ0n) is 11.9. The molecule has 0 unspecified atom stereocenters. The Morgan fingerprint density at radius 3 is 2.73 bits per heavy atom. The quantitative estimate of drug-likeness (QED) is 0.758. The molecule has 0 aliphatic rings. The van der Waals surface area contributed by atoms with E-state index in [2.05, 4.69) is 37.2 Å². The minimum atomic E-state index is -0.183. The Morgan fingerprint density at radius 1 is 1.18 bits per heavy atom. The highest BCUT2D eigenvalue weighted by Gasteiger charge is 2.06. The highest BCUT2D eigenvalue weighted by atomic mass is 79.9. The maximum absolute atomic E-state index is 11.8. The van der Waals surface area contributed by atoms with Crippen molar-refractivity contribution in [2.45, 2.75) is 6.54 Å². The van der Waals surface area contributed by atoms with Crippen molar-refractivity contribution in [2.75, 3.05) is 13.7 Å². The predicted octanol–water partition coefficient (Wildman–Crippen LogP) is 3.92. The average molecular weight is 429 g/mol. The SMILES string of the molecule is COc1cccc(CNC(=O)COc2ccc(Br)cc2Br)c1. The van der Waals surface area contributed by atoms with Crippen molar-refractivity contribution in [1.82, 2.24) is 5.32 Å². The average Bonchev–Trinajstić information content (AvgIpc) is 2.52. The van der Waals surface area contributed by atoms with Gasteiger partial charge in [-0.1, -0.05) is 28.1 Å². The van der Waals surface area contributed by atoms with Crippen molar-refractivity contribution >= 4 is 37.8 Å². The van der Waals surface area contributed by atoms with E-state index in [0.29, 0.717) is 12.3 Å². The highest BCUT2D eigenvalue weighted by molar-refractivity contribution is 9.11. The van der Waals surface area contributed by atoms with Gasteiger partial charge in [0.25, 0.3) is 5.91 Å². The number of halogens is 2. The van der Waals surface area contributed by atoms with Gasteiger partial charge in [-0.2, -0.15) is 0 Å². The molecule has 0 heterocycles. The third kappa shape index (κ3) is 5.03. The molecule has 0 aliphatic heterocycles. The molecule has 1 amide bonds. The second-order valence-corrected chi connectivity index (χ2v) is 6.26. The molecule has 0 atom stereocenters. The molecule has 22 heavy (non-hydrogen) atoms. The fourth-order valence-electron chi connectivity index (χ4n) is 1.77. The molecule has 0 aliphatic carbocycles. The van der Waals surface area contributed by atoms with Crippen molar-refractivity contribution in [1.29, 1.82) is 0 Å². The number of hydrogen-bond donors (Lipinski definition) is 1. The molecular formula is C16H15Br2NO3. The second kappa shape index (κ2) is 8.19. The van der Waals surface area contributed by atoms with Gasteiger partial charge in [-0.25, -0.2) is 0 Å². The third-order valence-corrected chi connectivity index (χ3v) is 3.99. The van der Waals surface area contributed by atoms with Gasteiger partial charge >= 0.3 is 0 Å². The van der Waals surface area contributed by atoms with Gasteiger partial charge in [-0.05, 0) is 51.8 Å². The zero-order chi connectivity index (χ0) is 15.9. The molecule has 2 aromatic rings. The van der Waals surface area contributed by atoms with E-state index in [4.69, 9.17) is 9.47 Å². The van der Waals surface area contributed by atoms with Crippen molar-refractivity contribution in [3.05, 3.63) is 57.0 Å². The maximum Gasteiger partial charge on any atom is 0.258 e. The molecule has 116 valence electrons. The minimum Gasteiger partial charge on any atom is -0.497 e. The van der Waals surface area contributed by atoms with Gasteiger partial charge in [0.2, 0.25) is 0 Å². The molecule has 0 saturated carbocycles. The van der Waals surface area contributed by atoms with Gasteiger partial charge in [0.05, 0.1) is 11.6 Å². The summed E-state index contributed by atoms with van der Waals surface area (Å²) in [4.78, 5) is 11.8. The lowest BCUT2D eigenvalue weighted by Crippen LogP contribution is -2.28. The molecule has 2 rings (SSSR count). The Hall–Kier alpha value is -1.53. The van der Waals surface area contributed by atoms with Crippen molar-refractivity contribution < 1.29 is 14.3 Å². The van der Waals surface area contributed by atoms with E-state index in [9.17, 15) is 4.79 Å². The molecule has 1 N–H and O–H groups in total. The first kappa shape index (κ1) is 16.8. The van der Waals surface area contributed by atoms with Crippen LogP contribution in [-0.2, 0) is 11.3 Å². The van der Waals surface area contributed by atoms with Gasteiger partial charge in [0.1, 0.15) is 11.5 Å². The summed E-state index contributed by atoms with van der Waals surface area (Å²) in [6, 6.07) is 13.1. The van der Waals surface area contributed by atoms with Gasteiger partial charge in [-0.15, -0.1) is 0 Å². The summed E-state index contributed by atoms with van der Waals surface area (Å²) < 4.78 is 12.4. The summed E-state index contributed by atoms with van der Waals surface area (Å²) in [6.07, 6.45) is 0. The Labute approximate surface area is 146 Å². The maximum atomic E-state index is 11.8. The number of methoxy groups -OCH3 is 1. The molecule has 0 spiro atoms. The van der Waals surface area contributed by atoms with Crippen molar-refractivity contribution in [2.24, 2.45) is 0 Å². The Balaban J connectivity index is 1.82. The minimum absolute atomic E-state index is 0.0375. The first-order valence-electron chi connectivity index (χ1n) is 6.56. The number of benzene rings is 2. The summed E-state index contributed by atoms with van der Waals surface area (Å²) in [6.45, 7) is 0.394. The summed E-state index contributed by atoms with van der Waals surface area (Å²) in [5, 5.41) is 2.81. The summed E-state index contributed by atoms with van der Waals surface area (Å²) in [5.74, 6) is 1.21. The van der Waals surface area contributed by atoms with Crippen molar-refractivity contribution in [3.8, 4) is 11.5 Å². The largest absolute Gasteiger partial charge is 0.497 e. The lowest BCUT2D eigenvalue weighted by atomic mass is 10.2. The molecule has 4 nitrogen and oxygen atoms in total. The summed E-state index contributed by atoms with van der Waals surface area (Å²) >= 11 is 6.75. The van der Waals surface area contributed by atoms with Gasteiger partial charge in [0.15, 0.2) is 6.61 Å². The van der Waals surface area contributed by atoms with Crippen LogP contribution in [0.3, 0.4) is 0 Å². The molecule has 2 aromatic carbocycles. The van der Waals surface area contributed by atoms with E-state index in [1.165, 1.54) is 0 Å². The van der Waals surface area contributed by atoms with Gasteiger partial charge in [0, 0.05) is 11.0 Å². The molecule has 0 bridgehead atoms. The first-order chi connectivity index (χ1) is 10.6. The van der Waals surface area contributed by atoms with E-state index >= 15 is 0 Å². The molecule has 0 aromatic heterocycles. The van der Waals surface area contributed by atoms with Gasteiger partial charge in [-0.3, -0.25) is 4.79 Å². The van der Waals surface area contributed by atoms with E-state index < -0.39 is 0 Å². The number of rotatable bonds is 6. The summed E-state index contributed by atoms with van der Waals surface area (Å²) in [5.41, 5.74) is 0.970. The van der Waals surface area contributed by atoms with Crippen LogP contribution < -0.4 is 14.8 Å². The van der Waals surface area contributed by atoms with Crippen LogP contribution in [0.5, 0.6) is 11.5 Å². The first-order valence-corrected chi connectivity index (χ1v) is 8.14. The number of ether oxygens (including phenoxy) is 2. The van der Waals surface area contributed by atoms with E-state index in [1.807, 2.05) is 36.4 Å². The lowest BCUT2D eigenvalue weighted by molar-refractivity contribution is -0.123.